The van der Waals surface area contributed by atoms with Crippen molar-refractivity contribution in [1.29, 1.82) is 0 Å². The van der Waals surface area contributed by atoms with E-state index in [2.05, 4.69) is 5.32 Å². The number of hydrogen-bond acceptors (Lipinski definition) is 4. The first kappa shape index (κ1) is 13.8. The second-order valence-corrected chi connectivity index (χ2v) is 7.55. The number of nitrogens with one attached hydrogen (secondary N) is 1. The van der Waals surface area contributed by atoms with Gasteiger partial charge in [-0.3, -0.25) is 4.79 Å². The van der Waals surface area contributed by atoms with Gasteiger partial charge in [0.1, 0.15) is 0 Å². The molecule has 0 bridgehead atoms. The average Bonchev–Trinajstić information content (AvgIpc) is 2.77. The summed E-state index contributed by atoms with van der Waals surface area (Å²) < 4.78 is 22.9. The van der Waals surface area contributed by atoms with Gasteiger partial charge in [-0.15, -0.1) is 0 Å². The molecule has 1 amide bonds. The Morgan fingerprint density at radius 1 is 1.11 bits per heavy atom. The first-order valence-electron chi connectivity index (χ1n) is 6.78. The van der Waals surface area contributed by atoms with Gasteiger partial charge in [0, 0.05) is 19.1 Å². The number of amides is 1. The second-order valence-electron chi connectivity index (χ2n) is 5.25. The molecule has 0 aromatic heterocycles. The first-order valence-corrected chi connectivity index (χ1v) is 8.60. The highest BCUT2D eigenvalue weighted by atomic mass is 32.2. The van der Waals surface area contributed by atoms with Gasteiger partial charge in [0.2, 0.25) is 5.91 Å². The van der Waals surface area contributed by atoms with E-state index in [0.29, 0.717) is 32.1 Å². The minimum Gasteiger partial charge on any atom is -0.341 e. The van der Waals surface area contributed by atoms with E-state index >= 15 is 0 Å². The zero-order valence-electron chi connectivity index (χ0n) is 10.7. The number of sulfone groups is 1. The third kappa shape index (κ3) is 3.95. The number of hydrogen-bond donors (Lipinski definition) is 1. The van der Waals surface area contributed by atoms with Gasteiger partial charge in [-0.1, -0.05) is 12.8 Å². The van der Waals surface area contributed by atoms with E-state index in [1.165, 1.54) is 12.8 Å². The molecule has 0 spiro atoms. The monoisotopic (exact) mass is 274 g/mol. The van der Waals surface area contributed by atoms with Gasteiger partial charge in [0.25, 0.3) is 0 Å². The lowest BCUT2D eigenvalue weighted by Crippen LogP contribution is -2.42. The summed E-state index contributed by atoms with van der Waals surface area (Å²) in [6.07, 6.45) is 5.36. The molecule has 2 fully saturated rings. The van der Waals surface area contributed by atoms with Crippen LogP contribution in [-0.4, -0.2) is 56.4 Å². The Bertz CT molecular complexity index is 388. The molecule has 6 heteroatoms. The van der Waals surface area contributed by atoms with Gasteiger partial charge in [0.15, 0.2) is 9.84 Å². The standard InChI is InChI=1S/C12H22N2O3S/c15-12(10-13-11-4-1-2-5-11)14-6-3-8-18(16,17)9-7-14/h11,13H,1-10H2. The van der Waals surface area contributed by atoms with Gasteiger partial charge in [-0.25, -0.2) is 8.42 Å². The van der Waals surface area contributed by atoms with Crippen LogP contribution in [0.2, 0.25) is 0 Å². The molecular weight excluding hydrogens is 252 g/mol. The topological polar surface area (TPSA) is 66.5 Å². The lowest BCUT2D eigenvalue weighted by Gasteiger charge is -2.21. The summed E-state index contributed by atoms with van der Waals surface area (Å²) in [6, 6.07) is 0.477. The van der Waals surface area contributed by atoms with Crippen molar-refractivity contribution >= 4 is 15.7 Å². The van der Waals surface area contributed by atoms with Gasteiger partial charge in [-0.2, -0.15) is 0 Å². The molecule has 0 unspecified atom stereocenters. The Morgan fingerprint density at radius 2 is 1.83 bits per heavy atom. The summed E-state index contributed by atoms with van der Waals surface area (Å²) in [6.45, 7) is 1.28. The average molecular weight is 274 g/mol. The Morgan fingerprint density at radius 3 is 2.56 bits per heavy atom. The van der Waals surface area contributed by atoms with E-state index in [4.69, 9.17) is 0 Å². The van der Waals surface area contributed by atoms with Crippen molar-refractivity contribution in [3.8, 4) is 0 Å². The molecule has 5 nitrogen and oxygen atoms in total. The molecule has 0 atom stereocenters. The molecule has 2 aliphatic rings. The summed E-state index contributed by atoms with van der Waals surface area (Å²) in [4.78, 5) is 13.7. The van der Waals surface area contributed by atoms with Gasteiger partial charge < -0.3 is 10.2 Å². The van der Waals surface area contributed by atoms with E-state index in [1.54, 1.807) is 4.90 Å². The third-order valence-corrected chi connectivity index (χ3v) is 5.52. The highest BCUT2D eigenvalue weighted by molar-refractivity contribution is 7.91. The predicted octanol–water partition coefficient (Wildman–Crippen LogP) is 0.166. The molecule has 1 saturated carbocycles. The van der Waals surface area contributed by atoms with Crippen molar-refractivity contribution in [2.24, 2.45) is 0 Å². The van der Waals surface area contributed by atoms with Crippen molar-refractivity contribution in [2.45, 2.75) is 38.1 Å². The smallest absolute Gasteiger partial charge is 0.236 e. The molecule has 1 aliphatic heterocycles. The summed E-state index contributed by atoms with van der Waals surface area (Å²) in [7, 11) is -2.93. The van der Waals surface area contributed by atoms with Crippen LogP contribution in [-0.2, 0) is 14.6 Å². The number of nitrogens with zero attached hydrogens (tertiary/aromatic N) is 1. The second kappa shape index (κ2) is 6.02. The molecule has 0 aromatic rings. The van der Waals surface area contributed by atoms with Crippen molar-refractivity contribution in [3.63, 3.8) is 0 Å². The fourth-order valence-corrected chi connectivity index (χ4v) is 3.93. The van der Waals surface area contributed by atoms with E-state index in [-0.39, 0.29) is 17.4 Å². The van der Waals surface area contributed by atoms with Crippen LogP contribution >= 0.6 is 0 Å². The van der Waals surface area contributed by atoms with Crippen molar-refractivity contribution in [3.05, 3.63) is 0 Å². The molecule has 104 valence electrons. The first-order chi connectivity index (χ1) is 8.57. The number of carbonyl (C=O) groups excluding carboxylic acids is 1. The van der Waals surface area contributed by atoms with Crippen LogP contribution in [0.1, 0.15) is 32.1 Å². The largest absolute Gasteiger partial charge is 0.341 e. The summed E-state index contributed by atoms with van der Waals surface area (Å²) >= 11 is 0. The van der Waals surface area contributed by atoms with E-state index in [9.17, 15) is 13.2 Å². The van der Waals surface area contributed by atoms with Gasteiger partial charge >= 0.3 is 0 Å². The van der Waals surface area contributed by atoms with Crippen molar-refractivity contribution < 1.29 is 13.2 Å². The Balaban J connectivity index is 1.77. The molecule has 1 heterocycles. The summed E-state index contributed by atoms with van der Waals surface area (Å²) in [5.74, 6) is 0.369. The van der Waals surface area contributed by atoms with Crippen LogP contribution in [0, 0.1) is 0 Å². The van der Waals surface area contributed by atoms with Crippen LogP contribution < -0.4 is 5.32 Å². The van der Waals surface area contributed by atoms with E-state index in [0.717, 1.165) is 12.8 Å². The minimum atomic E-state index is -2.93. The maximum absolute atomic E-state index is 12.0. The summed E-state index contributed by atoms with van der Waals surface area (Å²) in [5.41, 5.74) is 0. The van der Waals surface area contributed by atoms with Crippen LogP contribution in [0.4, 0.5) is 0 Å². The highest BCUT2D eigenvalue weighted by Gasteiger charge is 2.23. The normalized spacial score (nSPS) is 25.0. The minimum absolute atomic E-state index is 0.0407. The molecule has 1 saturated heterocycles. The van der Waals surface area contributed by atoms with Crippen LogP contribution in [0.15, 0.2) is 0 Å². The van der Waals surface area contributed by atoms with E-state index in [1.807, 2.05) is 0 Å². The molecule has 0 radical (unpaired) electrons. The number of rotatable bonds is 3. The molecular formula is C12H22N2O3S. The molecule has 0 aromatic carbocycles. The van der Waals surface area contributed by atoms with Gasteiger partial charge in [-0.05, 0) is 19.3 Å². The predicted molar refractivity (Wildman–Crippen MR) is 70.1 cm³/mol. The maximum Gasteiger partial charge on any atom is 0.236 e. The van der Waals surface area contributed by atoms with Crippen molar-refractivity contribution in [1.82, 2.24) is 10.2 Å². The fraction of sp³-hybridized carbons (Fsp3) is 0.917. The third-order valence-electron chi connectivity index (χ3n) is 3.81. The lowest BCUT2D eigenvalue weighted by atomic mass is 10.2. The zero-order valence-corrected chi connectivity index (χ0v) is 11.5. The molecule has 2 rings (SSSR count). The SMILES string of the molecule is O=C(CNC1CCCC1)N1CCCS(=O)(=O)CC1. The van der Waals surface area contributed by atoms with Gasteiger partial charge in [0.05, 0.1) is 18.1 Å². The highest BCUT2D eigenvalue weighted by Crippen LogP contribution is 2.17. The molecule has 1 N–H and O–H groups in total. The molecule has 18 heavy (non-hydrogen) atoms. The zero-order chi connectivity index (χ0) is 13.0. The summed E-state index contributed by atoms with van der Waals surface area (Å²) in [5, 5.41) is 3.28. The quantitative estimate of drug-likeness (QED) is 0.796. The van der Waals surface area contributed by atoms with Crippen LogP contribution in [0.5, 0.6) is 0 Å². The maximum atomic E-state index is 12.0. The Labute approximate surface area is 109 Å². The number of carbonyl (C=O) groups is 1. The fourth-order valence-electron chi connectivity index (χ4n) is 2.66. The Kier molecular flexibility index (Phi) is 4.61. The van der Waals surface area contributed by atoms with Crippen molar-refractivity contribution in [2.75, 3.05) is 31.1 Å². The van der Waals surface area contributed by atoms with Crippen LogP contribution in [0.25, 0.3) is 0 Å². The van der Waals surface area contributed by atoms with E-state index < -0.39 is 9.84 Å². The lowest BCUT2D eigenvalue weighted by molar-refractivity contribution is -0.130. The molecule has 1 aliphatic carbocycles. The van der Waals surface area contributed by atoms with Crippen LogP contribution in [0.3, 0.4) is 0 Å². The Hall–Kier alpha value is -0.620.